The highest BCUT2D eigenvalue weighted by atomic mass is 16.5. The van der Waals surface area contributed by atoms with Gasteiger partial charge in [-0.3, -0.25) is 9.48 Å². The molecule has 1 atom stereocenters. The second-order valence-electron chi connectivity index (χ2n) is 5.82. The molecule has 2 heterocycles. The van der Waals surface area contributed by atoms with E-state index >= 15 is 0 Å². The number of hydrogen-bond donors (Lipinski definition) is 0. The Hall–Kier alpha value is -1.56. The summed E-state index contributed by atoms with van der Waals surface area (Å²) in [7, 11) is 3.98. The molecule has 1 aliphatic heterocycles. The molecule has 1 saturated heterocycles. The van der Waals surface area contributed by atoms with Gasteiger partial charge in [-0.25, -0.2) is 0 Å². The van der Waals surface area contributed by atoms with Crippen LogP contribution in [-0.4, -0.2) is 64.8 Å². The van der Waals surface area contributed by atoms with Crippen LogP contribution in [0.25, 0.3) is 0 Å². The first-order valence-electron chi connectivity index (χ1n) is 7.55. The fraction of sp³-hybridized carbons (Fsp3) is 0.733. The molecule has 6 nitrogen and oxygen atoms in total. The number of nitrogens with zero attached hydrogens (tertiary/aromatic N) is 4. The summed E-state index contributed by atoms with van der Waals surface area (Å²) in [5.74, 6) is 0.797. The molecular weight excluding hydrogens is 268 g/mol. The van der Waals surface area contributed by atoms with E-state index in [0.29, 0.717) is 0 Å². The van der Waals surface area contributed by atoms with Crippen LogP contribution in [0.1, 0.15) is 24.7 Å². The molecule has 0 bridgehead atoms. The minimum Gasteiger partial charge on any atom is -0.480 e. The topological polar surface area (TPSA) is 50.6 Å². The number of amides is 1. The quantitative estimate of drug-likeness (QED) is 0.830. The number of piperazine rings is 1. The number of ether oxygens (including phenoxy) is 1. The number of carbonyl (C=O) groups excluding carboxylic acids is 1. The zero-order chi connectivity index (χ0) is 15.6. The van der Waals surface area contributed by atoms with Gasteiger partial charge in [0.15, 0.2) is 12.4 Å². The summed E-state index contributed by atoms with van der Waals surface area (Å²) in [6.07, 6.45) is 0.973. The summed E-state index contributed by atoms with van der Waals surface area (Å²) in [6.45, 7) is 8.71. The fourth-order valence-electron chi connectivity index (χ4n) is 2.87. The van der Waals surface area contributed by atoms with Crippen molar-refractivity contribution < 1.29 is 9.53 Å². The predicted molar refractivity (Wildman–Crippen MR) is 81.5 cm³/mol. The Balaban J connectivity index is 1.98. The lowest BCUT2D eigenvalue weighted by atomic mass is 10.1. The lowest BCUT2D eigenvalue weighted by molar-refractivity contribution is -0.138. The Kier molecular flexibility index (Phi) is 4.88. The van der Waals surface area contributed by atoms with Crippen LogP contribution in [0.3, 0.4) is 0 Å². The van der Waals surface area contributed by atoms with Crippen LogP contribution in [-0.2, 0) is 11.8 Å². The maximum absolute atomic E-state index is 12.4. The molecule has 1 fully saturated rings. The van der Waals surface area contributed by atoms with Gasteiger partial charge in [0.25, 0.3) is 5.91 Å². The minimum atomic E-state index is 0.0672. The van der Waals surface area contributed by atoms with Crippen LogP contribution < -0.4 is 4.74 Å². The Bertz CT molecular complexity index is 512. The van der Waals surface area contributed by atoms with E-state index in [9.17, 15) is 4.79 Å². The highest BCUT2D eigenvalue weighted by Crippen LogP contribution is 2.21. The summed E-state index contributed by atoms with van der Waals surface area (Å²) in [5, 5.41) is 4.30. The zero-order valence-corrected chi connectivity index (χ0v) is 13.7. The average molecular weight is 294 g/mol. The van der Waals surface area contributed by atoms with Gasteiger partial charge in [-0.15, -0.1) is 0 Å². The summed E-state index contributed by atoms with van der Waals surface area (Å²) >= 11 is 0. The first-order valence-corrected chi connectivity index (χ1v) is 7.55. The van der Waals surface area contributed by atoms with Crippen molar-refractivity contribution >= 4 is 5.91 Å². The smallest absolute Gasteiger partial charge is 0.260 e. The van der Waals surface area contributed by atoms with E-state index in [4.69, 9.17) is 4.74 Å². The van der Waals surface area contributed by atoms with Gasteiger partial charge in [-0.2, -0.15) is 5.10 Å². The van der Waals surface area contributed by atoms with E-state index in [2.05, 4.69) is 24.0 Å². The van der Waals surface area contributed by atoms with Gasteiger partial charge in [0.1, 0.15) is 5.69 Å². The normalized spacial score (nSPS) is 19.9. The zero-order valence-electron chi connectivity index (χ0n) is 13.7. The van der Waals surface area contributed by atoms with E-state index in [1.54, 1.807) is 4.68 Å². The summed E-state index contributed by atoms with van der Waals surface area (Å²) in [4.78, 5) is 16.7. The molecule has 118 valence electrons. The lowest BCUT2D eigenvalue weighted by Gasteiger charge is -2.39. The summed E-state index contributed by atoms with van der Waals surface area (Å²) in [5.41, 5.74) is 1.78. The maximum atomic E-state index is 12.4. The van der Waals surface area contributed by atoms with Gasteiger partial charge in [-0.1, -0.05) is 6.92 Å². The SMILES string of the molecule is CCC1CN(C)CCN1C(=O)COc1c(C)nn(C)c1C. The Morgan fingerprint density at radius 3 is 2.62 bits per heavy atom. The van der Waals surface area contributed by atoms with Crippen LogP contribution in [0, 0.1) is 13.8 Å². The number of aromatic nitrogens is 2. The molecule has 1 aliphatic rings. The molecule has 1 aromatic rings. The minimum absolute atomic E-state index is 0.0672. The van der Waals surface area contributed by atoms with Crippen molar-refractivity contribution in [2.24, 2.45) is 7.05 Å². The Labute approximate surface area is 126 Å². The monoisotopic (exact) mass is 294 g/mol. The van der Waals surface area contributed by atoms with Crippen LogP contribution in [0.15, 0.2) is 0 Å². The lowest BCUT2D eigenvalue weighted by Crippen LogP contribution is -2.54. The third-order valence-electron chi connectivity index (χ3n) is 4.26. The molecule has 1 amide bonds. The number of aryl methyl sites for hydroxylation is 2. The predicted octanol–water partition coefficient (Wildman–Crippen LogP) is 0.968. The van der Waals surface area contributed by atoms with Crippen LogP contribution >= 0.6 is 0 Å². The molecule has 0 saturated carbocycles. The molecule has 0 aliphatic carbocycles. The second-order valence-corrected chi connectivity index (χ2v) is 5.82. The van der Waals surface area contributed by atoms with Crippen LogP contribution in [0.5, 0.6) is 5.75 Å². The Morgan fingerprint density at radius 1 is 1.33 bits per heavy atom. The van der Waals surface area contributed by atoms with E-state index in [0.717, 1.165) is 43.2 Å². The van der Waals surface area contributed by atoms with Crippen molar-refractivity contribution in [3.05, 3.63) is 11.4 Å². The fourth-order valence-corrected chi connectivity index (χ4v) is 2.87. The van der Waals surface area contributed by atoms with Crippen molar-refractivity contribution in [1.82, 2.24) is 19.6 Å². The number of rotatable bonds is 4. The second kappa shape index (κ2) is 6.47. The van der Waals surface area contributed by atoms with Crippen molar-refractivity contribution in [3.63, 3.8) is 0 Å². The molecular formula is C15H26N4O2. The largest absolute Gasteiger partial charge is 0.480 e. The first kappa shape index (κ1) is 15.8. The Morgan fingerprint density at radius 2 is 2.05 bits per heavy atom. The number of carbonyl (C=O) groups is 1. The molecule has 0 radical (unpaired) electrons. The molecule has 0 spiro atoms. The number of hydrogen-bond acceptors (Lipinski definition) is 4. The van der Waals surface area contributed by atoms with Gasteiger partial charge >= 0.3 is 0 Å². The number of likely N-dealkylation sites (N-methyl/N-ethyl adjacent to an activating group) is 1. The van der Waals surface area contributed by atoms with Gasteiger partial charge in [0, 0.05) is 32.7 Å². The summed E-state index contributed by atoms with van der Waals surface area (Å²) < 4.78 is 7.51. The van der Waals surface area contributed by atoms with Crippen molar-refractivity contribution in [1.29, 1.82) is 0 Å². The van der Waals surface area contributed by atoms with E-state index < -0.39 is 0 Å². The first-order chi connectivity index (χ1) is 9.93. The summed E-state index contributed by atoms with van der Waals surface area (Å²) in [6, 6.07) is 0.288. The van der Waals surface area contributed by atoms with Crippen molar-refractivity contribution in [2.75, 3.05) is 33.3 Å². The molecule has 2 rings (SSSR count). The van der Waals surface area contributed by atoms with Crippen molar-refractivity contribution in [2.45, 2.75) is 33.2 Å². The van der Waals surface area contributed by atoms with Crippen molar-refractivity contribution in [3.8, 4) is 5.75 Å². The molecule has 1 unspecified atom stereocenters. The molecule has 6 heteroatoms. The molecule has 1 aromatic heterocycles. The third kappa shape index (κ3) is 3.37. The van der Waals surface area contributed by atoms with Gasteiger partial charge < -0.3 is 14.5 Å². The van der Waals surface area contributed by atoms with Crippen LogP contribution in [0.2, 0.25) is 0 Å². The van der Waals surface area contributed by atoms with E-state index in [1.807, 2.05) is 25.8 Å². The maximum Gasteiger partial charge on any atom is 0.260 e. The standard InChI is InChI=1S/C15H26N4O2/c1-6-13-9-17(4)7-8-19(13)14(20)10-21-15-11(2)16-18(5)12(15)3/h13H,6-10H2,1-5H3. The molecule has 0 aromatic carbocycles. The highest BCUT2D eigenvalue weighted by Gasteiger charge is 2.28. The van der Waals surface area contributed by atoms with E-state index in [1.165, 1.54) is 0 Å². The third-order valence-corrected chi connectivity index (χ3v) is 4.26. The van der Waals surface area contributed by atoms with Crippen LogP contribution in [0.4, 0.5) is 0 Å². The van der Waals surface area contributed by atoms with Gasteiger partial charge in [0.05, 0.1) is 5.69 Å². The molecule has 21 heavy (non-hydrogen) atoms. The average Bonchev–Trinajstić information content (AvgIpc) is 2.69. The highest BCUT2D eigenvalue weighted by molar-refractivity contribution is 5.78. The molecule has 0 N–H and O–H groups in total. The van der Waals surface area contributed by atoms with E-state index in [-0.39, 0.29) is 18.6 Å². The van der Waals surface area contributed by atoms with Gasteiger partial charge in [-0.05, 0) is 27.3 Å². The van der Waals surface area contributed by atoms with Gasteiger partial charge in [0.2, 0.25) is 0 Å².